The number of aliphatic hydroxyl groups is 3. The summed E-state index contributed by atoms with van der Waals surface area (Å²) >= 11 is 0. The van der Waals surface area contributed by atoms with Gasteiger partial charge in [0.2, 0.25) is 5.78 Å². The molecule has 0 saturated heterocycles. The minimum Gasteiger partial charge on any atom is -0.510 e. The number of carbonyl (C=O) groups excluding carboxylic acids is 4. The molecule has 1 aromatic carbocycles. The van der Waals surface area contributed by atoms with Crippen LogP contribution in [-0.2, 0) is 19.1 Å². The molecule has 11 nitrogen and oxygen atoms in total. The standard InChI is InChI=1S/C34H40N2O9/c1-14-18-5-4-6-19(37)22(18)27(39)23-21(14)29(45-20(38)13-33-10-15-7-16(11-33)9-17(8-15)12-33)25-26(36(2)3)28(40)24(32(35)43)31(42)34(25,44)30(23)41/h4-6,14-17,21,25-26,29,37,40-41,44H,7-13H2,1-3H3,(H2,35,43)/t14-,15?,16?,17?,21+,25+,26-,29-,33?,34-/m0/s1. The summed E-state index contributed by atoms with van der Waals surface area (Å²) in [6.45, 7) is 1.76. The number of hydrogen-bond acceptors (Lipinski definition) is 10. The molecule has 6 N–H and O–H groups in total. The number of amides is 1. The van der Waals surface area contributed by atoms with Crippen LogP contribution in [0, 0.1) is 35.0 Å². The quantitative estimate of drug-likeness (QED) is 0.242. The Morgan fingerprint density at radius 1 is 1.02 bits per heavy atom. The minimum atomic E-state index is -2.94. The Kier molecular flexibility index (Phi) is 6.59. The maximum absolute atomic E-state index is 14.1. The third-order valence-electron chi connectivity index (χ3n) is 11.9. The third-order valence-corrected chi connectivity index (χ3v) is 11.9. The highest BCUT2D eigenvalue weighted by Gasteiger charge is 2.68. The summed E-state index contributed by atoms with van der Waals surface area (Å²) in [5, 5.41) is 46.1. The van der Waals surface area contributed by atoms with Crippen molar-refractivity contribution in [3.8, 4) is 5.75 Å². The van der Waals surface area contributed by atoms with Gasteiger partial charge in [-0.05, 0) is 93.3 Å². The lowest BCUT2D eigenvalue weighted by atomic mass is 9.49. The Bertz CT molecular complexity index is 1570. The number of Topliss-reactive ketones (excluding diaryl/α,β-unsaturated/α-hetero) is 2. The molecule has 0 spiro atoms. The SMILES string of the molecule is C[C@H]1c2cccc(O)c2C(=O)C2=C(O)[C@]3(O)C(=O)C(C(N)=O)=C(O)[C@@H](N(C)C)[C@@H]3[C@@H](OC(=O)CC34CC5CC(CC(C5)C3)C4)[C@@H]21. The second-order valence-corrected chi connectivity index (χ2v) is 14.9. The number of aliphatic hydroxyl groups excluding tert-OH is 2. The molecule has 7 aliphatic rings. The van der Waals surface area contributed by atoms with Crippen molar-refractivity contribution in [2.24, 2.45) is 40.7 Å². The lowest BCUT2D eigenvalue weighted by molar-refractivity contribution is -0.185. The van der Waals surface area contributed by atoms with E-state index in [4.69, 9.17) is 10.5 Å². The zero-order valence-electron chi connectivity index (χ0n) is 25.7. The molecule has 6 atom stereocenters. The highest BCUT2D eigenvalue weighted by atomic mass is 16.5. The number of ketones is 2. The number of nitrogens with zero attached hydrogens (tertiary/aromatic N) is 1. The number of likely N-dealkylation sites (N-methyl/N-ethyl adjacent to an activating group) is 1. The van der Waals surface area contributed by atoms with Crippen LogP contribution in [0.25, 0.3) is 0 Å². The van der Waals surface area contributed by atoms with Crippen LogP contribution in [0.4, 0.5) is 0 Å². The highest BCUT2D eigenvalue weighted by molar-refractivity contribution is 6.25. The number of ether oxygens (including phenoxy) is 1. The molecule has 1 aromatic rings. The van der Waals surface area contributed by atoms with Gasteiger partial charge in [-0.1, -0.05) is 19.1 Å². The summed E-state index contributed by atoms with van der Waals surface area (Å²) in [6.07, 6.45) is 5.14. The summed E-state index contributed by atoms with van der Waals surface area (Å²) in [7, 11) is 3.09. The van der Waals surface area contributed by atoms with Gasteiger partial charge in [0.1, 0.15) is 28.9 Å². The molecule has 0 aliphatic heterocycles. The van der Waals surface area contributed by atoms with Crippen LogP contribution < -0.4 is 5.73 Å². The Hall–Kier alpha value is -3.70. The van der Waals surface area contributed by atoms with Crippen molar-refractivity contribution < 1.29 is 44.3 Å². The van der Waals surface area contributed by atoms with Crippen molar-refractivity contribution >= 4 is 23.4 Å². The van der Waals surface area contributed by atoms with E-state index < -0.39 is 76.0 Å². The minimum absolute atomic E-state index is 0.0931. The molecule has 4 bridgehead atoms. The topological polar surface area (TPSA) is 188 Å². The Morgan fingerprint density at radius 2 is 1.62 bits per heavy atom. The number of aromatic hydroxyl groups is 1. The van der Waals surface area contributed by atoms with Gasteiger partial charge in [0.05, 0.1) is 23.9 Å². The molecule has 8 rings (SSSR count). The molecular weight excluding hydrogens is 580 g/mol. The molecule has 4 saturated carbocycles. The van der Waals surface area contributed by atoms with Crippen LogP contribution >= 0.6 is 0 Å². The van der Waals surface area contributed by atoms with Crippen LogP contribution in [0.3, 0.4) is 0 Å². The van der Waals surface area contributed by atoms with Crippen LogP contribution in [0.1, 0.15) is 73.7 Å². The molecule has 45 heavy (non-hydrogen) atoms. The average Bonchev–Trinajstić information content (AvgIpc) is 2.93. The number of primary amides is 1. The maximum atomic E-state index is 14.1. The van der Waals surface area contributed by atoms with E-state index in [0.717, 1.165) is 19.3 Å². The van der Waals surface area contributed by atoms with Crippen molar-refractivity contribution in [1.29, 1.82) is 0 Å². The van der Waals surface area contributed by atoms with Crippen LogP contribution in [0.15, 0.2) is 40.9 Å². The molecule has 11 heteroatoms. The Balaban J connectivity index is 1.38. The molecule has 240 valence electrons. The smallest absolute Gasteiger partial charge is 0.306 e. The Labute approximate surface area is 260 Å². The number of benzene rings is 1. The number of esters is 1. The molecule has 0 radical (unpaired) electrons. The van der Waals surface area contributed by atoms with E-state index in [-0.39, 0.29) is 28.7 Å². The fourth-order valence-corrected chi connectivity index (χ4v) is 10.7. The molecule has 0 aromatic heterocycles. The fourth-order valence-electron chi connectivity index (χ4n) is 10.7. The predicted molar refractivity (Wildman–Crippen MR) is 159 cm³/mol. The zero-order valence-corrected chi connectivity index (χ0v) is 25.7. The van der Waals surface area contributed by atoms with E-state index >= 15 is 0 Å². The molecule has 0 unspecified atom stereocenters. The van der Waals surface area contributed by atoms with Gasteiger partial charge in [0.25, 0.3) is 5.91 Å². The van der Waals surface area contributed by atoms with E-state index in [2.05, 4.69) is 0 Å². The van der Waals surface area contributed by atoms with Crippen LogP contribution in [0.2, 0.25) is 0 Å². The van der Waals surface area contributed by atoms with Gasteiger partial charge in [-0.2, -0.15) is 0 Å². The number of carbonyl (C=O) groups is 4. The monoisotopic (exact) mass is 620 g/mol. The number of fused-ring (bicyclic) bond motifs is 3. The van der Waals surface area contributed by atoms with Crippen molar-refractivity contribution in [3.63, 3.8) is 0 Å². The van der Waals surface area contributed by atoms with Gasteiger partial charge in [0, 0.05) is 11.5 Å². The van der Waals surface area contributed by atoms with Gasteiger partial charge in [-0.15, -0.1) is 0 Å². The number of nitrogens with two attached hydrogens (primary N) is 1. The first-order chi connectivity index (χ1) is 21.2. The van der Waals surface area contributed by atoms with Gasteiger partial charge >= 0.3 is 5.97 Å². The lowest BCUT2D eigenvalue weighted by Crippen LogP contribution is -2.69. The molecule has 4 fully saturated rings. The second-order valence-electron chi connectivity index (χ2n) is 14.9. The second kappa shape index (κ2) is 9.90. The van der Waals surface area contributed by atoms with Crippen molar-refractivity contribution in [2.45, 2.75) is 75.5 Å². The number of rotatable bonds is 5. The van der Waals surface area contributed by atoms with Gasteiger partial charge in [-0.3, -0.25) is 24.1 Å². The largest absolute Gasteiger partial charge is 0.510 e. The van der Waals surface area contributed by atoms with Gasteiger partial charge < -0.3 is 30.9 Å². The van der Waals surface area contributed by atoms with E-state index in [9.17, 15) is 39.6 Å². The van der Waals surface area contributed by atoms with Gasteiger partial charge in [-0.25, -0.2) is 0 Å². The summed E-state index contributed by atoms with van der Waals surface area (Å²) < 4.78 is 6.33. The fraction of sp³-hybridized carbons (Fsp3) is 0.588. The van der Waals surface area contributed by atoms with E-state index in [1.807, 2.05) is 0 Å². The van der Waals surface area contributed by atoms with Crippen molar-refractivity contribution in [1.82, 2.24) is 4.90 Å². The van der Waals surface area contributed by atoms with Crippen molar-refractivity contribution in [2.75, 3.05) is 14.1 Å². The number of phenols is 1. The van der Waals surface area contributed by atoms with E-state index in [1.54, 1.807) is 33.2 Å². The van der Waals surface area contributed by atoms with Crippen LogP contribution in [0.5, 0.6) is 5.75 Å². The van der Waals surface area contributed by atoms with Crippen LogP contribution in [-0.4, -0.2) is 80.6 Å². The summed E-state index contributed by atoms with van der Waals surface area (Å²) in [5.74, 6) is -7.57. The molecule has 0 heterocycles. The molecule has 1 amide bonds. The van der Waals surface area contributed by atoms with E-state index in [0.29, 0.717) is 23.3 Å². The predicted octanol–water partition coefficient (Wildman–Crippen LogP) is 2.81. The Morgan fingerprint density at radius 3 is 2.18 bits per heavy atom. The normalized spacial score (nSPS) is 39.9. The zero-order chi connectivity index (χ0) is 32.3. The lowest BCUT2D eigenvalue weighted by Gasteiger charge is -2.57. The van der Waals surface area contributed by atoms with E-state index in [1.165, 1.54) is 30.2 Å². The highest BCUT2D eigenvalue weighted by Crippen LogP contribution is 2.62. The summed E-state index contributed by atoms with van der Waals surface area (Å²) in [5.41, 5.74) is 1.43. The third kappa shape index (κ3) is 4.08. The summed E-state index contributed by atoms with van der Waals surface area (Å²) in [6, 6.07) is 3.27. The first-order valence-electron chi connectivity index (χ1n) is 15.8. The maximum Gasteiger partial charge on any atom is 0.306 e. The first-order valence-corrected chi connectivity index (χ1v) is 15.8. The molecular formula is C34H40N2O9. The first kappa shape index (κ1) is 30.0. The number of phenolic OH excluding ortho intramolecular Hbond substituents is 1. The van der Waals surface area contributed by atoms with Crippen molar-refractivity contribution in [3.05, 3.63) is 52.0 Å². The molecule has 7 aliphatic carbocycles. The van der Waals surface area contributed by atoms with Gasteiger partial charge in [0.15, 0.2) is 11.4 Å². The summed E-state index contributed by atoms with van der Waals surface area (Å²) in [4.78, 5) is 56.0. The number of hydrogen-bond donors (Lipinski definition) is 5. The average molecular weight is 621 g/mol.